The first-order chi connectivity index (χ1) is 7.86. The van der Waals surface area contributed by atoms with E-state index in [1.54, 1.807) is 14.1 Å². The second-order valence-corrected chi connectivity index (χ2v) is 5.09. The highest BCUT2D eigenvalue weighted by molar-refractivity contribution is 7.90. The molecule has 0 fully saturated rings. The molecule has 0 aliphatic carbocycles. The van der Waals surface area contributed by atoms with E-state index < -0.39 is 15.8 Å². The monoisotopic (exact) mass is 258 g/mol. The van der Waals surface area contributed by atoms with Gasteiger partial charge < -0.3 is 4.90 Å². The highest BCUT2D eigenvalue weighted by Crippen LogP contribution is 2.15. The van der Waals surface area contributed by atoms with Crippen LogP contribution in [0.4, 0.5) is 4.39 Å². The molecule has 0 aliphatic rings. The van der Waals surface area contributed by atoms with Gasteiger partial charge in [0, 0.05) is 14.1 Å². The molecule has 0 radical (unpaired) electrons. The van der Waals surface area contributed by atoms with Crippen LogP contribution in [0.3, 0.4) is 0 Å². The summed E-state index contributed by atoms with van der Waals surface area (Å²) in [6, 6.07) is 3.00. The lowest BCUT2D eigenvalue weighted by molar-refractivity contribution is 0.111. The number of carbonyl (C=O) groups is 1. The Morgan fingerprint density at radius 1 is 1.35 bits per heavy atom. The van der Waals surface area contributed by atoms with Crippen molar-refractivity contribution in [1.29, 1.82) is 0 Å². The fourth-order valence-corrected chi connectivity index (χ4v) is 1.91. The van der Waals surface area contributed by atoms with Gasteiger partial charge >= 0.3 is 0 Å². The van der Waals surface area contributed by atoms with E-state index in [1.165, 1.54) is 4.90 Å². The van der Waals surface area contributed by atoms with Gasteiger partial charge in [0.2, 0.25) is 0 Å². The predicted molar refractivity (Wildman–Crippen MR) is 61.2 cm³/mol. The van der Waals surface area contributed by atoms with Gasteiger partial charge in [-0.2, -0.15) is 8.42 Å². The van der Waals surface area contributed by atoms with Gasteiger partial charge in [0.15, 0.2) is 6.29 Å². The van der Waals surface area contributed by atoms with Crippen molar-refractivity contribution >= 4 is 22.6 Å². The molecule has 0 N–H and O–H groups in total. The van der Waals surface area contributed by atoms with Crippen LogP contribution in [0.15, 0.2) is 27.5 Å². The standard InChI is InChI=1S/C10H11FN2O3S/c1-13(2)7-12-17(15,16)9-4-3-8(6-14)10(11)5-9/h3-7H,1-2H3/b12-7+. The highest BCUT2D eigenvalue weighted by atomic mass is 32.2. The molecule has 0 saturated carbocycles. The molecule has 0 aliphatic heterocycles. The normalized spacial score (nSPS) is 11.7. The summed E-state index contributed by atoms with van der Waals surface area (Å²) in [5, 5.41) is 0. The predicted octanol–water partition coefficient (Wildman–Crippen LogP) is 0.917. The zero-order chi connectivity index (χ0) is 13.1. The first kappa shape index (κ1) is 13.3. The van der Waals surface area contributed by atoms with Crippen molar-refractivity contribution in [3.05, 3.63) is 29.6 Å². The van der Waals surface area contributed by atoms with Gasteiger partial charge in [-0.15, -0.1) is 4.40 Å². The lowest BCUT2D eigenvalue weighted by Gasteiger charge is -2.03. The molecule has 0 heterocycles. The quantitative estimate of drug-likeness (QED) is 0.457. The van der Waals surface area contributed by atoms with Crippen molar-refractivity contribution in [2.45, 2.75) is 4.90 Å². The number of hydrogen-bond donors (Lipinski definition) is 0. The summed E-state index contributed by atoms with van der Waals surface area (Å²) in [4.78, 5) is 11.5. The third-order valence-electron chi connectivity index (χ3n) is 1.81. The van der Waals surface area contributed by atoms with Crippen LogP contribution in [0, 0.1) is 5.82 Å². The lowest BCUT2D eigenvalue weighted by Crippen LogP contribution is -2.10. The third kappa shape index (κ3) is 3.35. The van der Waals surface area contributed by atoms with Crippen LogP contribution >= 0.6 is 0 Å². The topological polar surface area (TPSA) is 66.8 Å². The molecule has 0 unspecified atom stereocenters. The second-order valence-electron chi connectivity index (χ2n) is 3.46. The molecule has 1 aromatic carbocycles. The molecular formula is C10H11FN2O3S. The van der Waals surface area contributed by atoms with E-state index in [0.29, 0.717) is 6.29 Å². The van der Waals surface area contributed by atoms with Crippen LogP contribution in [-0.4, -0.2) is 40.0 Å². The van der Waals surface area contributed by atoms with E-state index >= 15 is 0 Å². The molecular weight excluding hydrogens is 247 g/mol. The second kappa shape index (κ2) is 5.05. The minimum absolute atomic E-state index is 0.194. The number of benzene rings is 1. The van der Waals surface area contributed by atoms with Crippen molar-refractivity contribution in [3.8, 4) is 0 Å². The van der Waals surface area contributed by atoms with Crippen LogP contribution in [0.1, 0.15) is 10.4 Å². The van der Waals surface area contributed by atoms with E-state index in [1.807, 2.05) is 0 Å². The van der Waals surface area contributed by atoms with Gasteiger partial charge in [0.1, 0.15) is 12.2 Å². The van der Waals surface area contributed by atoms with E-state index in [4.69, 9.17) is 0 Å². The van der Waals surface area contributed by atoms with Crippen LogP contribution < -0.4 is 0 Å². The Labute approximate surface area is 98.6 Å². The summed E-state index contributed by atoms with van der Waals surface area (Å²) < 4.78 is 39.8. The summed E-state index contributed by atoms with van der Waals surface area (Å²) in [5.41, 5.74) is -0.194. The van der Waals surface area contributed by atoms with Gasteiger partial charge in [0.05, 0.1) is 10.5 Å². The van der Waals surface area contributed by atoms with Crippen molar-refractivity contribution in [2.75, 3.05) is 14.1 Å². The average Bonchev–Trinajstić information content (AvgIpc) is 2.26. The minimum Gasteiger partial charge on any atom is -0.368 e. The largest absolute Gasteiger partial charge is 0.368 e. The van der Waals surface area contributed by atoms with Crippen molar-refractivity contribution < 1.29 is 17.6 Å². The molecule has 92 valence electrons. The number of aldehydes is 1. The number of sulfonamides is 1. The summed E-state index contributed by atoms with van der Waals surface area (Å²) in [6.45, 7) is 0. The SMILES string of the molecule is CN(C)/C=N/S(=O)(=O)c1ccc(C=O)c(F)c1. The maximum Gasteiger partial charge on any atom is 0.283 e. The summed E-state index contributed by atoms with van der Waals surface area (Å²) in [5.74, 6) is -0.888. The minimum atomic E-state index is -3.93. The van der Waals surface area contributed by atoms with Crippen LogP contribution in [-0.2, 0) is 10.0 Å². The van der Waals surface area contributed by atoms with Gasteiger partial charge in [-0.25, -0.2) is 4.39 Å². The Morgan fingerprint density at radius 3 is 2.47 bits per heavy atom. The molecule has 17 heavy (non-hydrogen) atoms. The highest BCUT2D eigenvalue weighted by Gasteiger charge is 2.14. The van der Waals surface area contributed by atoms with E-state index in [0.717, 1.165) is 24.5 Å². The van der Waals surface area contributed by atoms with Crippen LogP contribution in [0.5, 0.6) is 0 Å². The Kier molecular flexibility index (Phi) is 3.95. The molecule has 0 bridgehead atoms. The molecule has 5 nitrogen and oxygen atoms in total. The Balaban J connectivity index is 3.17. The van der Waals surface area contributed by atoms with Crippen molar-refractivity contribution in [2.24, 2.45) is 4.40 Å². The Morgan fingerprint density at radius 2 is 2.00 bits per heavy atom. The molecule has 0 spiro atoms. The zero-order valence-electron chi connectivity index (χ0n) is 9.29. The fraction of sp³-hybridized carbons (Fsp3) is 0.200. The van der Waals surface area contributed by atoms with Gasteiger partial charge in [-0.3, -0.25) is 4.79 Å². The van der Waals surface area contributed by atoms with Crippen LogP contribution in [0.25, 0.3) is 0 Å². The van der Waals surface area contributed by atoms with Gasteiger partial charge in [0.25, 0.3) is 10.0 Å². The number of carbonyl (C=O) groups excluding carboxylic acids is 1. The molecule has 0 atom stereocenters. The number of hydrogen-bond acceptors (Lipinski definition) is 3. The Hall–Kier alpha value is -1.76. The average molecular weight is 258 g/mol. The summed E-state index contributed by atoms with van der Waals surface area (Å²) >= 11 is 0. The molecule has 1 rings (SSSR count). The Bertz CT molecular complexity index is 553. The first-order valence-electron chi connectivity index (χ1n) is 4.58. The molecule has 0 aromatic heterocycles. The number of halogens is 1. The van der Waals surface area contributed by atoms with Gasteiger partial charge in [-0.1, -0.05) is 0 Å². The first-order valence-corrected chi connectivity index (χ1v) is 6.02. The van der Waals surface area contributed by atoms with E-state index in [-0.39, 0.29) is 10.5 Å². The fourth-order valence-electron chi connectivity index (χ4n) is 0.981. The number of nitrogens with zero attached hydrogens (tertiary/aromatic N) is 2. The summed E-state index contributed by atoms with van der Waals surface area (Å²) in [6.07, 6.45) is 1.41. The lowest BCUT2D eigenvalue weighted by atomic mass is 10.2. The van der Waals surface area contributed by atoms with Crippen molar-refractivity contribution in [3.63, 3.8) is 0 Å². The zero-order valence-corrected chi connectivity index (χ0v) is 10.1. The smallest absolute Gasteiger partial charge is 0.283 e. The number of rotatable bonds is 4. The van der Waals surface area contributed by atoms with E-state index in [2.05, 4.69) is 4.40 Å². The van der Waals surface area contributed by atoms with Crippen molar-refractivity contribution in [1.82, 2.24) is 4.90 Å². The van der Waals surface area contributed by atoms with E-state index in [9.17, 15) is 17.6 Å². The summed E-state index contributed by atoms with van der Waals surface area (Å²) in [7, 11) is -0.718. The molecule has 7 heteroatoms. The molecule has 1 aromatic rings. The van der Waals surface area contributed by atoms with Gasteiger partial charge in [-0.05, 0) is 18.2 Å². The van der Waals surface area contributed by atoms with Crippen LogP contribution in [0.2, 0.25) is 0 Å². The maximum atomic E-state index is 13.2. The molecule has 0 saturated heterocycles. The third-order valence-corrected chi connectivity index (χ3v) is 3.04. The molecule has 0 amide bonds. The maximum absolute atomic E-state index is 13.2.